The smallest absolute Gasteiger partial charge is 0.244 e. The van der Waals surface area contributed by atoms with Crippen LogP contribution in [0.15, 0.2) is 42.5 Å². The Morgan fingerprint density at radius 3 is 2.18 bits per heavy atom. The average Bonchev–Trinajstić information content (AvgIpc) is 2.75. The Hall–Kier alpha value is -2.58. The van der Waals surface area contributed by atoms with Crippen LogP contribution in [-0.2, 0) is 26.2 Å². The zero-order chi connectivity index (χ0) is 25.5. The molecule has 2 aromatic carbocycles. The largest absolute Gasteiger partial charge is 0.354 e. The lowest BCUT2D eigenvalue weighted by Gasteiger charge is -2.31. The fourth-order valence-corrected chi connectivity index (χ4v) is 4.57. The summed E-state index contributed by atoms with van der Waals surface area (Å²) in [6.45, 7) is 7.66. The second-order valence-corrected chi connectivity index (χ2v) is 10.9. The molecule has 0 fully saturated rings. The highest BCUT2D eigenvalue weighted by Gasteiger charge is 2.30. The lowest BCUT2D eigenvalue weighted by atomic mass is 10.1. The molecule has 186 valence electrons. The summed E-state index contributed by atoms with van der Waals surface area (Å²) in [5, 5.41) is 3.42. The van der Waals surface area contributed by atoms with Gasteiger partial charge in [0, 0.05) is 18.1 Å². The molecule has 2 rings (SSSR count). The quantitative estimate of drug-likeness (QED) is 0.465. The number of nitrogens with zero attached hydrogens (tertiary/aromatic N) is 2. The summed E-state index contributed by atoms with van der Waals surface area (Å²) >= 11 is 5.99. The summed E-state index contributed by atoms with van der Waals surface area (Å²) < 4.78 is 26.4. The van der Waals surface area contributed by atoms with Crippen LogP contribution in [0.2, 0.25) is 5.02 Å². The fraction of sp³-hybridized carbons (Fsp3) is 0.440. The number of hydrogen-bond acceptors (Lipinski definition) is 4. The van der Waals surface area contributed by atoms with E-state index in [0.29, 0.717) is 17.3 Å². The summed E-state index contributed by atoms with van der Waals surface area (Å²) in [5.41, 5.74) is 2.97. The molecule has 9 heteroatoms. The molecule has 0 bridgehead atoms. The average molecular weight is 508 g/mol. The van der Waals surface area contributed by atoms with Crippen LogP contribution in [0.1, 0.15) is 43.4 Å². The third-order valence-electron chi connectivity index (χ3n) is 5.44. The van der Waals surface area contributed by atoms with E-state index in [1.807, 2.05) is 26.8 Å². The van der Waals surface area contributed by atoms with Gasteiger partial charge in [0.1, 0.15) is 12.6 Å². The van der Waals surface area contributed by atoms with Gasteiger partial charge in [-0.05, 0) is 68.1 Å². The van der Waals surface area contributed by atoms with E-state index < -0.39 is 28.5 Å². The van der Waals surface area contributed by atoms with Crippen molar-refractivity contribution in [3.8, 4) is 0 Å². The molecule has 1 atom stereocenters. The van der Waals surface area contributed by atoms with E-state index >= 15 is 0 Å². The van der Waals surface area contributed by atoms with Gasteiger partial charge in [-0.15, -0.1) is 0 Å². The molecule has 0 aliphatic rings. The van der Waals surface area contributed by atoms with Crippen molar-refractivity contribution >= 4 is 39.1 Å². The molecule has 0 aliphatic heterocycles. The number of carbonyl (C=O) groups is 2. The van der Waals surface area contributed by atoms with Crippen molar-refractivity contribution in [1.29, 1.82) is 0 Å². The number of aryl methyl sites for hydroxylation is 2. The number of hydrogen-bond donors (Lipinski definition) is 1. The topological polar surface area (TPSA) is 86.8 Å². The van der Waals surface area contributed by atoms with Crippen molar-refractivity contribution in [2.24, 2.45) is 0 Å². The van der Waals surface area contributed by atoms with E-state index in [1.165, 1.54) is 4.90 Å². The second kappa shape index (κ2) is 12.2. The third kappa shape index (κ3) is 8.02. The fourth-order valence-electron chi connectivity index (χ4n) is 3.61. The number of unbranched alkanes of at least 4 members (excludes halogenated alkanes) is 1. The predicted octanol–water partition coefficient (Wildman–Crippen LogP) is 4.06. The maximum Gasteiger partial charge on any atom is 0.244 e. The zero-order valence-corrected chi connectivity index (χ0v) is 22.0. The number of anilines is 1. The van der Waals surface area contributed by atoms with Crippen LogP contribution in [0.3, 0.4) is 0 Å². The normalized spacial score (nSPS) is 12.2. The van der Waals surface area contributed by atoms with E-state index in [2.05, 4.69) is 5.32 Å². The molecule has 0 spiro atoms. The van der Waals surface area contributed by atoms with Gasteiger partial charge in [-0.25, -0.2) is 8.42 Å². The van der Waals surface area contributed by atoms with Crippen LogP contribution >= 0.6 is 11.6 Å². The number of amides is 2. The highest BCUT2D eigenvalue weighted by molar-refractivity contribution is 7.92. The monoisotopic (exact) mass is 507 g/mol. The van der Waals surface area contributed by atoms with Crippen molar-refractivity contribution in [1.82, 2.24) is 10.2 Å². The van der Waals surface area contributed by atoms with Crippen LogP contribution in [0, 0.1) is 13.8 Å². The Bertz CT molecular complexity index is 1080. The molecule has 7 nitrogen and oxygen atoms in total. The molecule has 1 N–H and O–H groups in total. The Labute approximate surface area is 208 Å². The molecule has 0 saturated carbocycles. The van der Waals surface area contributed by atoms with Gasteiger partial charge in [-0.1, -0.05) is 43.1 Å². The minimum atomic E-state index is -3.75. The Balaban J connectivity index is 2.37. The van der Waals surface area contributed by atoms with E-state index in [-0.39, 0.29) is 12.5 Å². The number of benzene rings is 2. The van der Waals surface area contributed by atoms with Crippen LogP contribution in [0.25, 0.3) is 0 Å². The summed E-state index contributed by atoms with van der Waals surface area (Å²) in [5.74, 6) is -0.759. The molecule has 0 saturated heterocycles. The molecular weight excluding hydrogens is 474 g/mol. The Kier molecular flexibility index (Phi) is 9.94. The van der Waals surface area contributed by atoms with Crippen molar-refractivity contribution in [2.45, 2.75) is 53.1 Å². The van der Waals surface area contributed by atoms with Gasteiger partial charge >= 0.3 is 0 Å². The molecule has 0 aliphatic carbocycles. The van der Waals surface area contributed by atoms with Gasteiger partial charge in [-0.2, -0.15) is 0 Å². The highest BCUT2D eigenvalue weighted by Crippen LogP contribution is 2.22. The van der Waals surface area contributed by atoms with Gasteiger partial charge in [-0.3, -0.25) is 13.9 Å². The van der Waals surface area contributed by atoms with Crippen molar-refractivity contribution < 1.29 is 18.0 Å². The SMILES string of the molecule is CCCCNC(=O)[C@H](C)N(Cc1ccc(Cl)cc1)C(=O)CN(c1cc(C)cc(C)c1)S(C)(=O)=O. The van der Waals surface area contributed by atoms with Crippen LogP contribution in [0.4, 0.5) is 5.69 Å². The summed E-state index contributed by atoms with van der Waals surface area (Å²) in [6.07, 6.45) is 2.84. The van der Waals surface area contributed by atoms with Gasteiger partial charge in [0.15, 0.2) is 0 Å². The molecular formula is C25H34ClN3O4S. The van der Waals surface area contributed by atoms with E-state index in [9.17, 15) is 18.0 Å². The second-order valence-electron chi connectivity index (χ2n) is 8.58. The molecule has 0 heterocycles. The van der Waals surface area contributed by atoms with Gasteiger partial charge in [0.25, 0.3) is 0 Å². The van der Waals surface area contributed by atoms with Crippen molar-refractivity contribution in [3.63, 3.8) is 0 Å². The summed E-state index contributed by atoms with van der Waals surface area (Å²) in [4.78, 5) is 27.7. The molecule has 0 aromatic heterocycles. The number of halogens is 1. The predicted molar refractivity (Wildman–Crippen MR) is 137 cm³/mol. The minimum absolute atomic E-state index is 0.142. The zero-order valence-electron chi connectivity index (χ0n) is 20.5. The molecule has 34 heavy (non-hydrogen) atoms. The number of carbonyl (C=O) groups excluding carboxylic acids is 2. The number of nitrogens with one attached hydrogen (secondary N) is 1. The Morgan fingerprint density at radius 2 is 1.65 bits per heavy atom. The third-order valence-corrected chi connectivity index (χ3v) is 6.83. The molecule has 0 unspecified atom stereocenters. The van der Waals surface area contributed by atoms with Crippen molar-refractivity contribution in [2.75, 3.05) is 23.7 Å². The first-order valence-corrected chi connectivity index (χ1v) is 13.5. The van der Waals surface area contributed by atoms with E-state index in [0.717, 1.165) is 40.1 Å². The number of sulfonamides is 1. The van der Waals surface area contributed by atoms with Gasteiger partial charge < -0.3 is 10.2 Å². The van der Waals surface area contributed by atoms with Crippen molar-refractivity contribution in [3.05, 3.63) is 64.2 Å². The lowest BCUT2D eigenvalue weighted by Crippen LogP contribution is -2.51. The van der Waals surface area contributed by atoms with Crippen LogP contribution in [0.5, 0.6) is 0 Å². The number of rotatable bonds is 11. The van der Waals surface area contributed by atoms with Gasteiger partial charge in [0.05, 0.1) is 11.9 Å². The molecule has 0 radical (unpaired) electrons. The molecule has 2 amide bonds. The lowest BCUT2D eigenvalue weighted by molar-refractivity contribution is -0.139. The highest BCUT2D eigenvalue weighted by atomic mass is 35.5. The molecule has 2 aromatic rings. The van der Waals surface area contributed by atoms with Crippen LogP contribution < -0.4 is 9.62 Å². The summed E-state index contributed by atoms with van der Waals surface area (Å²) in [6, 6.07) is 11.6. The van der Waals surface area contributed by atoms with E-state index in [1.54, 1.807) is 43.3 Å². The first-order chi connectivity index (χ1) is 15.9. The standard InChI is InChI=1S/C25H34ClN3O4S/c1-6-7-12-27-25(31)20(4)28(16-21-8-10-22(26)11-9-21)24(30)17-29(34(5,32)33)23-14-18(2)13-19(3)15-23/h8-11,13-15,20H,6-7,12,16-17H2,1-5H3,(H,27,31)/t20-/m0/s1. The summed E-state index contributed by atoms with van der Waals surface area (Å²) in [7, 11) is -3.75. The van der Waals surface area contributed by atoms with Crippen LogP contribution in [-0.4, -0.2) is 50.5 Å². The maximum absolute atomic E-state index is 13.5. The first kappa shape index (κ1) is 27.7. The van der Waals surface area contributed by atoms with Gasteiger partial charge in [0.2, 0.25) is 21.8 Å². The minimum Gasteiger partial charge on any atom is -0.354 e. The Morgan fingerprint density at radius 1 is 1.06 bits per heavy atom. The first-order valence-electron chi connectivity index (χ1n) is 11.3. The van der Waals surface area contributed by atoms with E-state index in [4.69, 9.17) is 11.6 Å². The maximum atomic E-state index is 13.5.